The van der Waals surface area contributed by atoms with E-state index >= 15 is 0 Å². The highest BCUT2D eigenvalue weighted by Crippen LogP contribution is 2.31. The summed E-state index contributed by atoms with van der Waals surface area (Å²) < 4.78 is 31.2. The maximum Gasteiger partial charge on any atom is 0.345 e. The van der Waals surface area contributed by atoms with Crippen LogP contribution in [0.5, 0.6) is 0 Å². The molecule has 0 unspecified atom stereocenters. The summed E-state index contributed by atoms with van der Waals surface area (Å²) in [4.78, 5) is 10.6. The quantitative estimate of drug-likeness (QED) is 0.571. The molecule has 0 aromatic carbocycles. The van der Waals surface area contributed by atoms with E-state index in [1.807, 2.05) is 0 Å². The van der Waals surface area contributed by atoms with Gasteiger partial charge in [-0.3, -0.25) is 0 Å². The van der Waals surface area contributed by atoms with Gasteiger partial charge < -0.3 is 14.9 Å². The Hall–Kier alpha value is -0.520. The largest absolute Gasteiger partial charge is 0.477 e. The minimum absolute atomic E-state index is 0.0347. The van der Waals surface area contributed by atoms with E-state index in [0.29, 0.717) is 0 Å². The van der Waals surface area contributed by atoms with Crippen LogP contribution in [0.2, 0.25) is 0 Å². The molecule has 3 N–H and O–H groups in total. The van der Waals surface area contributed by atoms with E-state index < -0.39 is 16.0 Å². The van der Waals surface area contributed by atoms with Crippen LogP contribution in [0, 0.1) is 0 Å². The van der Waals surface area contributed by atoms with Crippen LogP contribution < -0.4 is 4.72 Å². The number of rotatable bonds is 8. The predicted octanol–water partition coefficient (Wildman–Crippen LogP) is 0.496. The van der Waals surface area contributed by atoms with Crippen molar-refractivity contribution in [3.63, 3.8) is 0 Å². The third-order valence-electron chi connectivity index (χ3n) is 1.93. The molecular formula is C9H12BrNO6S2. The molecule has 0 saturated carbocycles. The molecule has 0 spiro atoms. The van der Waals surface area contributed by atoms with Crippen molar-refractivity contribution in [1.29, 1.82) is 0 Å². The zero-order valence-corrected chi connectivity index (χ0v) is 12.8. The van der Waals surface area contributed by atoms with Crippen molar-refractivity contribution >= 4 is 43.3 Å². The van der Waals surface area contributed by atoms with Crippen molar-refractivity contribution in [3.8, 4) is 0 Å². The zero-order chi connectivity index (χ0) is 14.5. The molecule has 1 rings (SSSR count). The number of aliphatic hydroxyl groups is 1. The molecule has 1 aromatic heterocycles. The third kappa shape index (κ3) is 4.82. The Balaban J connectivity index is 2.69. The first-order chi connectivity index (χ1) is 8.88. The number of carbonyl (C=O) groups is 1. The molecule has 1 aromatic rings. The number of aliphatic hydroxyl groups excluding tert-OH is 1. The van der Waals surface area contributed by atoms with Crippen molar-refractivity contribution in [2.24, 2.45) is 0 Å². The van der Waals surface area contributed by atoms with Gasteiger partial charge in [0, 0.05) is 6.54 Å². The summed E-state index contributed by atoms with van der Waals surface area (Å²) in [6, 6.07) is 1.09. The lowest BCUT2D eigenvalue weighted by atomic mass is 10.5. The summed E-state index contributed by atoms with van der Waals surface area (Å²) in [7, 11) is -3.78. The lowest BCUT2D eigenvalue weighted by molar-refractivity contribution is 0.0702. The summed E-state index contributed by atoms with van der Waals surface area (Å²) in [5, 5.41) is 17.3. The second-order valence-electron chi connectivity index (χ2n) is 3.29. The molecule has 0 amide bonds. The number of hydrogen-bond acceptors (Lipinski definition) is 6. The summed E-state index contributed by atoms with van der Waals surface area (Å²) in [6.45, 7) is 0.151. The van der Waals surface area contributed by atoms with Gasteiger partial charge in [0.25, 0.3) is 0 Å². The standard InChI is InChI=1S/C9H12BrNO6S2/c10-8-7(5-6(18-8)9(13)14)19(15,16)11-1-3-17-4-2-12/h5,11-12H,1-4H2,(H,13,14). The molecule has 0 aliphatic heterocycles. The SMILES string of the molecule is O=C(O)c1cc(S(=O)(=O)NCCOCCO)c(Br)s1. The minimum atomic E-state index is -3.78. The highest BCUT2D eigenvalue weighted by atomic mass is 79.9. The van der Waals surface area contributed by atoms with Crippen molar-refractivity contribution in [2.45, 2.75) is 4.90 Å². The molecule has 108 valence electrons. The fourth-order valence-corrected chi connectivity index (χ4v) is 4.55. The monoisotopic (exact) mass is 373 g/mol. The van der Waals surface area contributed by atoms with Gasteiger partial charge in [0.05, 0.1) is 23.6 Å². The number of nitrogens with one attached hydrogen (secondary N) is 1. The van der Waals surface area contributed by atoms with Crippen LogP contribution in [-0.2, 0) is 14.8 Å². The van der Waals surface area contributed by atoms with E-state index in [2.05, 4.69) is 20.7 Å². The normalized spacial score (nSPS) is 11.7. The number of sulfonamides is 1. The second kappa shape index (κ2) is 7.31. The Morgan fingerprint density at radius 1 is 1.47 bits per heavy atom. The van der Waals surface area contributed by atoms with E-state index in [1.54, 1.807) is 0 Å². The number of aromatic carboxylic acids is 1. The van der Waals surface area contributed by atoms with E-state index in [-0.39, 0.29) is 39.9 Å². The lowest BCUT2D eigenvalue weighted by Crippen LogP contribution is -2.27. The second-order valence-corrected chi connectivity index (χ2v) is 7.39. The van der Waals surface area contributed by atoms with Crippen LogP contribution in [0.15, 0.2) is 14.7 Å². The van der Waals surface area contributed by atoms with Gasteiger partial charge in [0.15, 0.2) is 0 Å². The summed E-state index contributed by atoms with van der Waals surface area (Å²) in [5.74, 6) is -1.18. The number of halogens is 1. The molecule has 0 saturated heterocycles. The van der Waals surface area contributed by atoms with Crippen molar-refractivity contribution in [2.75, 3.05) is 26.4 Å². The number of hydrogen-bond donors (Lipinski definition) is 3. The Bertz CT molecular complexity index is 541. The van der Waals surface area contributed by atoms with Gasteiger partial charge in [-0.1, -0.05) is 0 Å². The average Bonchev–Trinajstić information content (AvgIpc) is 2.72. The Labute approximate surface area is 122 Å². The van der Waals surface area contributed by atoms with Crippen LogP contribution in [0.3, 0.4) is 0 Å². The summed E-state index contributed by atoms with van der Waals surface area (Å²) in [6.07, 6.45) is 0. The van der Waals surface area contributed by atoms with Crippen LogP contribution in [-0.4, -0.2) is 51.0 Å². The highest BCUT2D eigenvalue weighted by Gasteiger charge is 2.22. The Kier molecular flexibility index (Phi) is 6.36. The first kappa shape index (κ1) is 16.5. The fourth-order valence-electron chi connectivity index (χ4n) is 1.13. The maximum absolute atomic E-state index is 11.9. The molecule has 0 bridgehead atoms. The van der Waals surface area contributed by atoms with E-state index in [0.717, 1.165) is 17.4 Å². The van der Waals surface area contributed by atoms with E-state index in [4.69, 9.17) is 14.9 Å². The van der Waals surface area contributed by atoms with Crippen molar-refractivity contribution in [1.82, 2.24) is 4.72 Å². The van der Waals surface area contributed by atoms with Crippen LogP contribution >= 0.6 is 27.3 Å². The number of ether oxygens (including phenoxy) is 1. The molecule has 0 aliphatic rings. The Morgan fingerprint density at radius 2 is 2.16 bits per heavy atom. The average molecular weight is 374 g/mol. The maximum atomic E-state index is 11.9. The lowest BCUT2D eigenvalue weighted by Gasteiger charge is -2.05. The van der Waals surface area contributed by atoms with Gasteiger partial charge in [-0.25, -0.2) is 17.9 Å². The summed E-state index contributed by atoms with van der Waals surface area (Å²) >= 11 is 3.86. The van der Waals surface area contributed by atoms with Crippen LogP contribution in [0.1, 0.15) is 9.67 Å². The van der Waals surface area contributed by atoms with Gasteiger partial charge in [-0.2, -0.15) is 0 Å². The number of carboxylic acid groups (broad SMARTS) is 1. The molecule has 0 atom stereocenters. The van der Waals surface area contributed by atoms with E-state index in [9.17, 15) is 13.2 Å². The van der Waals surface area contributed by atoms with Gasteiger partial charge in [-0.05, 0) is 22.0 Å². The Morgan fingerprint density at radius 3 is 2.68 bits per heavy atom. The number of thiophene rings is 1. The van der Waals surface area contributed by atoms with Crippen LogP contribution in [0.25, 0.3) is 0 Å². The van der Waals surface area contributed by atoms with Gasteiger partial charge in [0.1, 0.15) is 9.77 Å². The molecule has 10 heteroatoms. The highest BCUT2D eigenvalue weighted by molar-refractivity contribution is 9.11. The van der Waals surface area contributed by atoms with Crippen molar-refractivity contribution in [3.05, 3.63) is 14.7 Å². The molecule has 7 nitrogen and oxygen atoms in total. The molecule has 0 aliphatic carbocycles. The van der Waals surface area contributed by atoms with Crippen LogP contribution in [0.4, 0.5) is 0 Å². The topological polar surface area (TPSA) is 113 Å². The smallest absolute Gasteiger partial charge is 0.345 e. The first-order valence-electron chi connectivity index (χ1n) is 5.09. The molecule has 19 heavy (non-hydrogen) atoms. The molecule has 0 fully saturated rings. The summed E-state index contributed by atoms with van der Waals surface area (Å²) in [5.41, 5.74) is 0. The molecule has 1 heterocycles. The first-order valence-corrected chi connectivity index (χ1v) is 8.18. The molecule has 0 radical (unpaired) electrons. The van der Waals surface area contributed by atoms with Gasteiger partial charge >= 0.3 is 5.97 Å². The predicted molar refractivity (Wildman–Crippen MR) is 72.1 cm³/mol. The van der Waals surface area contributed by atoms with Crippen molar-refractivity contribution < 1.29 is 28.2 Å². The number of carboxylic acids is 1. The zero-order valence-electron chi connectivity index (χ0n) is 9.63. The third-order valence-corrected chi connectivity index (χ3v) is 5.63. The van der Waals surface area contributed by atoms with Gasteiger partial charge in [0.2, 0.25) is 10.0 Å². The minimum Gasteiger partial charge on any atom is -0.477 e. The fraction of sp³-hybridized carbons (Fsp3) is 0.444. The van der Waals surface area contributed by atoms with E-state index in [1.165, 1.54) is 0 Å². The molecular weight excluding hydrogens is 362 g/mol. The van der Waals surface area contributed by atoms with Gasteiger partial charge in [-0.15, -0.1) is 11.3 Å².